The zero-order chi connectivity index (χ0) is 19.4. The molecule has 0 spiro atoms. The normalized spacial score (nSPS) is 46.8. The molecule has 6 unspecified atom stereocenters. The summed E-state index contributed by atoms with van der Waals surface area (Å²) in [5.74, 6) is 3.05. The first-order valence-electron chi connectivity index (χ1n) is 11.2. The highest BCUT2D eigenvalue weighted by molar-refractivity contribution is 5.87. The van der Waals surface area contributed by atoms with Crippen molar-refractivity contribution in [3.8, 4) is 0 Å². The van der Waals surface area contributed by atoms with E-state index in [9.17, 15) is 5.11 Å². The second-order valence-electron chi connectivity index (χ2n) is 10.6. The zero-order valence-electron chi connectivity index (χ0n) is 18.0. The largest absolute Gasteiger partial charge is 0.393 e. The Kier molecular flexibility index (Phi) is 4.90. The topological polar surface area (TPSA) is 45.0 Å². The summed E-state index contributed by atoms with van der Waals surface area (Å²) < 4.78 is 0. The first-order valence-corrected chi connectivity index (χ1v) is 11.2. The maximum atomic E-state index is 10.2. The van der Waals surface area contributed by atoms with Gasteiger partial charge in [0.1, 0.15) is 0 Å². The average Bonchev–Trinajstić information content (AvgIpc) is 2.97. The van der Waals surface area contributed by atoms with Crippen LogP contribution < -0.4 is 0 Å². The van der Waals surface area contributed by atoms with Crippen molar-refractivity contribution >= 4 is 11.4 Å². The molecule has 0 amide bonds. The van der Waals surface area contributed by atoms with E-state index >= 15 is 0 Å². The number of hydrogen-bond donors (Lipinski definition) is 1. The minimum absolute atomic E-state index is 0.105. The van der Waals surface area contributed by atoms with E-state index in [2.05, 4.69) is 37.1 Å². The van der Waals surface area contributed by atoms with E-state index in [0.717, 1.165) is 36.3 Å². The first kappa shape index (κ1) is 19.4. The molecule has 0 aromatic heterocycles. The molecule has 0 aliphatic heterocycles. The van der Waals surface area contributed by atoms with Crippen LogP contribution in [0.4, 0.5) is 0 Å². The SMILES string of the molecule is CC(C)=N/N=C(/C)C1CCC2C3CC=C4C[C@@H](O)CCC4(C)C3CCC12C. The van der Waals surface area contributed by atoms with Crippen molar-refractivity contribution in [1.82, 2.24) is 0 Å². The molecule has 3 nitrogen and oxygen atoms in total. The summed E-state index contributed by atoms with van der Waals surface area (Å²) in [6, 6.07) is 0. The highest BCUT2D eigenvalue weighted by Gasteiger charge is 2.58. The molecule has 27 heavy (non-hydrogen) atoms. The minimum Gasteiger partial charge on any atom is -0.393 e. The summed E-state index contributed by atoms with van der Waals surface area (Å²) in [4.78, 5) is 0. The monoisotopic (exact) mass is 370 g/mol. The Morgan fingerprint density at radius 3 is 2.52 bits per heavy atom. The second-order valence-corrected chi connectivity index (χ2v) is 10.6. The molecule has 150 valence electrons. The van der Waals surface area contributed by atoms with Crippen LogP contribution in [0, 0.1) is 34.5 Å². The van der Waals surface area contributed by atoms with Crippen molar-refractivity contribution in [2.75, 3.05) is 0 Å². The van der Waals surface area contributed by atoms with Crippen LogP contribution in [-0.2, 0) is 0 Å². The molecule has 4 aliphatic carbocycles. The smallest absolute Gasteiger partial charge is 0.0577 e. The third kappa shape index (κ3) is 3.05. The van der Waals surface area contributed by atoms with Crippen molar-refractivity contribution in [3.05, 3.63) is 11.6 Å². The van der Waals surface area contributed by atoms with Gasteiger partial charge in [-0.2, -0.15) is 10.2 Å². The van der Waals surface area contributed by atoms with Crippen molar-refractivity contribution in [2.45, 2.75) is 92.1 Å². The minimum atomic E-state index is -0.105. The van der Waals surface area contributed by atoms with Gasteiger partial charge in [-0.3, -0.25) is 0 Å². The van der Waals surface area contributed by atoms with E-state index in [1.54, 1.807) is 5.57 Å². The maximum Gasteiger partial charge on any atom is 0.0577 e. The van der Waals surface area contributed by atoms with E-state index < -0.39 is 0 Å². The predicted octanol–water partition coefficient (Wildman–Crippen LogP) is 5.78. The van der Waals surface area contributed by atoms with Gasteiger partial charge in [-0.1, -0.05) is 25.5 Å². The molecule has 0 bridgehead atoms. The highest BCUT2D eigenvalue weighted by Crippen LogP contribution is 2.66. The number of fused-ring (bicyclic) bond motifs is 5. The Labute approximate surface area is 165 Å². The molecule has 7 atom stereocenters. The summed E-state index contributed by atoms with van der Waals surface area (Å²) in [5.41, 5.74) is 4.59. The van der Waals surface area contributed by atoms with Crippen LogP contribution in [0.1, 0.15) is 86.0 Å². The summed E-state index contributed by atoms with van der Waals surface area (Å²) in [7, 11) is 0. The predicted molar refractivity (Wildman–Crippen MR) is 113 cm³/mol. The Morgan fingerprint density at radius 1 is 1.00 bits per heavy atom. The summed E-state index contributed by atoms with van der Waals surface area (Å²) >= 11 is 0. The molecule has 0 heterocycles. The Bertz CT molecular complexity index is 688. The molecule has 3 heteroatoms. The van der Waals surface area contributed by atoms with Gasteiger partial charge in [0.05, 0.1) is 6.10 Å². The van der Waals surface area contributed by atoms with E-state index in [0.29, 0.717) is 16.7 Å². The third-order valence-electron chi connectivity index (χ3n) is 8.99. The number of rotatable bonds is 2. The average molecular weight is 371 g/mol. The van der Waals surface area contributed by atoms with Crippen LogP contribution in [-0.4, -0.2) is 22.6 Å². The fraction of sp³-hybridized carbons (Fsp3) is 0.833. The molecule has 4 aliphatic rings. The molecule has 3 fully saturated rings. The maximum absolute atomic E-state index is 10.2. The van der Waals surface area contributed by atoms with E-state index in [1.807, 2.05) is 13.8 Å². The number of hydrogen-bond acceptors (Lipinski definition) is 3. The number of allylic oxidation sites excluding steroid dienone is 1. The van der Waals surface area contributed by atoms with E-state index in [1.165, 1.54) is 44.2 Å². The molecule has 0 saturated heterocycles. The van der Waals surface area contributed by atoms with Gasteiger partial charge in [-0.15, -0.1) is 0 Å². The van der Waals surface area contributed by atoms with Crippen molar-refractivity contribution < 1.29 is 5.11 Å². The number of aliphatic hydroxyl groups excluding tert-OH is 1. The van der Waals surface area contributed by atoms with Crippen LogP contribution in [0.25, 0.3) is 0 Å². The van der Waals surface area contributed by atoms with Crippen LogP contribution in [0.2, 0.25) is 0 Å². The van der Waals surface area contributed by atoms with Crippen molar-refractivity contribution in [3.63, 3.8) is 0 Å². The fourth-order valence-corrected chi connectivity index (χ4v) is 7.58. The lowest BCUT2D eigenvalue weighted by Crippen LogP contribution is -2.50. The quantitative estimate of drug-likeness (QED) is 0.373. The Morgan fingerprint density at radius 2 is 1.78 bits per heavy atom. The number of aliphatic hydroxyl groups is 1. The highest BCUT2D eigenvalue weighted by atomic mass is 16.3. The lowest BCUT2D eigenvalue weighted by molar-refractivity contribution is -0.0423. The van der Waals surface area contributed by atoms with Crippen LogP contribution in [0.5, 0.6) is 0 Å². The molecule has 0 aromatic rings. The molecular formula is C24H38N2O. The van der Waals surface area contributed by atoms with Crippen LogP contribution in [0.15, 0.2) is 21.9 Å². The van der Waals surface area contributed by atoms with Gasteiger partial charge in [0.15, 0.2) is 0 Å². The number of nitrogens with zero attached hydrogens (tertiary/aromatic N) is 2. The standard InChI is InChI=1S/C24H38N2O/c1-15(2)25-26-16(3)20-8-9-21-19-7-6-17-14-18(27)10-12-23(17,4)22(19)11-13-24(20,21)5/h6,18-22,27H,7-14H2,1-5H3/b26-16-/t18-,19?,20?,21?,22?,23?,24?/m0/s1. The van der Waals surface area contributed by atoms with Gasteiger partial charge in [0, 0.05) is 17.3 Å². The summed E-state index contributed by atoms with van der Waals surface area (Å²) in [5, 5.41) is 19.1. The molecule has 0 aromatic carbocycles. The second kappa shape index (κ2) is 6.83. The van der Waals surface area contributed by atoms with Gasteiger partial charge in [-0.05, 0) is 101 Å². The molecule has 1 N–H and O–H groups in total. The Hall–Kier alpha value is -0.960. The lowest BCUT2D eigenvalue weighted by atomic mass is 9.47. The van der Waals surface area contributed by atoms with Gasteiger partial charge < -0.3 is 5.11 Å². The van der Waals surface area contributed by atoms with Gasteiger partial charge in [0.25, 0.3) is 0 Å². The van der Waals surface area contributed by atoms with Gasteiger partial charge in [-0.25, -0.2) is 0 Å². The van der Waals surface area contributed by atoms with Gasteiger partial charge >= 0.3 is 0 Å². The Balaban J connectivity index is 1.61. The van der Waals surface area contributed by atoms with E-state index in [4.69, 9.17) is 0 Å². The third-order valence-corrected chi connectivity index (χ3v) is 8.99. The van der Waals surface area contributed by atoms with Crippen LogP contribution >= 0.6 is 0 Å². The van der Waals surface area contributed by atoms with Crippen molar-refractivity contribution in [2.24, 2.45) is 44.7 Å². The van der Waals surface area contributed by atoms with Gasteiger partial charge in [0.2, 0.25) is 0 Å². The summed E-state index contributed by atoms with van der Waals surface area (Å²) in [6.07, 6.45) is 12.1. The molecule has 0 radical (unpaired) electrons. The molecular weight excluding hydrogens is 332 g/mol. The fourth-order valence-electron chi connectivity index (χ4n) is 7.58. The first-order chi connectivity index (χ1) is 12.8. The molecule has 3 saturated carbocycles. The lowest BCUT2D eigenvalue weighted by Gasteiger charge is -2.58. The molecule has 4 rings (SSSR count). The zero-order valence-corrected chi connectivity index (χ0v) is 18.0. The summed E-state index contributed by atoms with van der Waals surface area (Å²) in [6.45, 7) is 11.3. The van der Waals surface area contributed by atoms with Crippen LogP contribution in [0.3, 0.4) is 0 Å². The van der Waals surface area contributed by atoms with Crippen molar-refractivity contribution in [1.29, 1.82) is 0 Å². The van der Waals surface area contributed by atoms with E-state index in [-0.39, 0.29) is 6.10 Å².